The Bertz CT molecular complexity index is 791. The SMILES string of the molecule is Cc1cc(Sc2c(C)c(C)c3c(c2C)CC(C)(C)O3)ccc1O. The maximum Gasteiger partial charge on any atom is 0.126 e. The van der Waals surface area contributed by atoms with E-state index < -0.39 is 0 Å². The summed E-state index contributed by atoms with van der Waals surface area (Å²) in [6.07, 6.45) is 0.956. The molecule has 1 N–H and O–H groups in total. The molecular formula is C20H24O2S. The predicted molar refractivity (Wildman–Crippen MR) is 96.0 cm³/mol. The molecule has 0 amide bonds. The van der Waals surface area contributed by atoms with Crippen LogP contribution in [0.1, 0.15) is 41.7 Å². The summed E-state index contributed by atoms with van der Waals surface area (Å²) in [5.41, 5.74) is 5.99. The second-order valence-corrected chi connectivity index (χ2v) is 8.18. The van der Waals surface area contributed by atoms with Gasteiger partial charge in [0.2, 0.25) is 0 Å². The smallest absolute Gasteiger partial charge is 0.126 e. The van der Waals surface area contributed by atoms with Crippen molar-refractivity contribution in [3.8, 4) is 11.5 Å². The number of hydrogen-bond donors (Lipinski definition) is 1. The molecule has 0 radical (unpaired) electrons. The van der Waals surface area contributed by atoms with Gasteiger partial charge in [-0.2, -0.15) is 0 Å². The number of phenolic OH excluding ortho intramolecular Hbond substituents is 1. The lowest BCUT2D eigenvalue weighted by Gasteiger charge is -2.19. The van der Waals surface area contributed by atoms with Crippen LogP contribution in [-0.2, 0) is 6.42 Å². The summed E-state index contributed by atoms with van der Waals surface area (Å²) in [4.78, 5) is 2.47. The van der Waals surface area contributed by atoms with Crippen molar-refractivity contribution < 1.29 is 9.84 Å². The van der Waals surface area contributed by atoms with Crippen LogP contribution in [0.5, 0.6) is 11.5 Å². The molecule has 0 saturated heterocycles. The largest absolute Gasteiger partial charge is 0.508 e. The molecule has 2 aromatic carbocycles. The van der Waals surface area contributed by atoms with E-state index in [1.807, 2.05) is 19.1 Å². The predicted octanol–water partition coefficient (Wildman–Crippen LogP) is 5.49. The zero-order valence-electron chi connectivity index (χ0n) is 14.7. The van der Waals surface area contributed by atoms with Crippen molar-refractivity contribution in [1.82, 2.24) is 0 Å². The van der Waals surface area contributed by atoms with E-state index >= 15 is 0 Å². The molecule has 1 aliphatic rings. The van der Waals surface area contributed by atoms with Crippen LogP contribution < -0.4 is 4.74 Å². The molecule has 0 bridgehead atoms. The van der Waals surface area contributed by atoms with Gasteiger partial charge in [0.1, 0.15) is 17.1 Å². The first kappa shape index (κ1) is 16.3. The number of aryl methyl sites for hydroxylation is 1. The van der Waals surface area contributed by atoms with E-state index in [1.165, 1.54) is 27.1 Å². The fourth-order valence-electron chi connectivity index (χ4n) is 3.21. The molecular weight excluding hydrogens is 304 g/mol. The van der Waals surface area contributed by atoms with Gasteiger partial charge in [-0.25, -0.2) is 0 Å². The van der Waals surface area contributed by atoms with Crippen LogP contribution in [0.4, 0.5) is 0 Å². The number of fused-ring (bicyclic) bond motifs is 1. The second-order valence-electron chi connectivity index (χ2n) is 7.10. The van der Waals surface area contributed by atoms with Crippen molar-refractivity contribution in [1.29, 1.82) is 0 Å². The zero-order chi connectivity index (χ0) is 16.9. The van der Waals surface area contributed by atoms with Crippen LogP contribution in [-0.4, -0.2) is 10.7 Å². The zero-order valence-corrected chi connectivity index (χ0v) is 15.5. The Hall–Kier alpha value is -1.61. The maximum atomic E-state index is 9.72. The van der Waals surface area contributed by atoms with Gasteiger partial charge in [-0.3, -0.25) is 0 Å². The quantitative estimate of drug-likeness (QED) is 0.790. The summed E-state index contributed by atoms with van der Waals surface area (Å²) < 4.78 is 6.18. The summed E-state index contributed by atoms with van der Waals surface area (Å²) in [7, 11) is 0. The Morgan fingerprint density at radius 1 is 1.04 bits per heavy atom. The molecule has 0 atom stereocenters. The molecule has 0 saturated carbocycles. The average molecular weight is 328 g/mol. The van der Waals surface area contributed by atoms with Crippen LogP contribution in [0.25, 0.3) is 0 Å². The molecule has 0 fully saturated rings. The van der Waals surface area contributed by atoms with Crippen LogP contribution in [0, 0.1) is 27.7 Å². The molecule has 3 rings (SSSR count). The third-order valence-electron chi connectivity index (χ3n) is 4.68. The molecule has 0 aliphatic carbocycles. The third-order valence-corrected chi connectivity index (χ3v) is 5.99. The van der Waals surface area contributed by atoms with Crippen molar-refractivity contribution >= 4 is 11.8 Å². The van der Waals surface area contributed by atoms with Gasteiger partial charge < -0.3 is 9.84 Å². The maximum absolute atomic E-state index is 9.72. The molecule has 2 nitrogen and oxygen atoms in total. The molecule has 23 heavy (non-hydrogen) atoms. The van der Waals surface area contributed by atoms with Crippen molar-refractivity contribution in [3.63, 3.8) is 0 Å². The van der Waals surface area contributed by atoms with Gasteiger partial charge in [-0.05, 0) is 82.0 Å². The topological polar surface area (TPSA) is 29.5 Å². The summed E-state index contributed by atoms with van der Waals surface area (Å²) in [5, 5.41) is 9.72. The Labute approximate surface area is 142 Å². The lowest BCUT2D eigenvalue weighted by atomic mass is 9.94. The molecule has 2 aromatic rings. The lowest BCUT2D eigenvalue weighted by molar-refractivity contribution is 0.137. The van der Waals surface area contributed by atoms with Crippen molar-refractivity contribution in [2.75, 3.05) is 0 Å². The number of phenols is 1. The Balaban J connectivity index is 2.07. The summed E-state index contributed by atoms with van der Waals surface area (Å²) >= 11 is 1.78. The number of rotatable bonds is 2. The molecule has 0 unspecified atom stereocenters. The number of aromatic hydroxyl groups is 1. The minimum absolute atomic E-state index is 0.122. The summed E-state index contributed by atoms with van der Waals surface area (Å²) in [5.74, 6) is 1.43. The van der Waals surface area contributed by atoms with Crippen LogP contribution in [0.2, 0.25) is 0 Å². The highest BCUT2D eigenvalue weighted by Crippen LogP contribution is 2.46. The Morgan fingerprint density at radius 2 is 1.74 bits per heavy atom. The fraction of sp³-hybridized carbons (Fsp3) is 0.400. The van der Waals surface area contributed by atoms with Gasteiger partial charge in [0.25, 0.3) is 0 Å². The standard InChI is InChI=1S/C20H24O2S/c1-11-9-15(7-8-17(11)21)23-19-13(3)12(2)18-16(14(19)4)10-20(5,6)22-18/h7-9,21H,10H2,1-6H3. The first-order valence-electron chi connectivity index (χ1n) is 7.99. The van der Waals surface area contributed by atoms with Crippen molar-refractivity contribution in [3.05, 3.63) is 46.0 Å². The lowest BCUT2D eigenvalue weighted by Crippen LogP contribution is -2.24. The highest BCUT2D eigenvalue weighted by atomic mass is 32.2. The van der Waals surface area contributed by atoms with Crippen molar-refractivity contribution in [2.24, 2.45) is 0 Å². The molecule has 0 spiro atoms. The van der Waals surface area contributed by atoms with E-state index in [9.17, 15) is 5.11 Å². The molecule has 1 aliphatic heterocycles. The monoisotopic (exact) mass is 328 g/mol. The third kappa shape index (κ3) is 2.83. The highest BCUT2D eigenvalue weighted by molar-refractivity contribution is 7.99. The average Bonchev–Trinajstić information content (AvgIpc) is 2.81. The second kappa shape index (κ2) is 5.48. The Morgan fingerprint density at radius 3 is 2.39 bits per heavy atom. The highest BCUT2D eigenvalue weighted by Gasteiger charge is 2.34. The summed E-state index contributed by atoms with van der Waals surface area (Å²) in [6, 6.07) is 5.80. The minimum Gasteiger partial charge on any atom is -0.508 e. The first-order chi connectivity index (χ1) is 10.7. The fourth-order valence-corrected chi connectivity index (χ4v) is 4.40. The molecule has 3 heteroatoms. The van der Waals surface area contributed by atoms with Gasteiger partial charge in [0.05, 0.1) is 0 Å². The van der Waals surface area contributed by atoms with Gasteiger partial charge in [0.15, 0.2) is 0 Å². The van der Waals surface area contributed by atoms with Gasteiger partial charge in [-0.1, -0.05) is 11.8 Å². The van der Waals surface area contributed by atoms with Crippen LogP contribution in [0.15, 0.2) is 28.0 Å². The molecule has 1 heterocycles. The van der Waals surface area contributed by atoms with Crippen LogP contribution in [0.3, 0.4) is 0 Å². The van der Waals surface area contributed by atoms with E-state index in [0.29, 0.717) is 5.75 Å². The number of benzene rings is 2. The molecule has 0 aromatic heterocycles. The molecule has 122 valence electrons. The van der Waals surface area contributed by atoms with Crippen molar-refractivity contribution in [2.45, 2.75) is 63.4 Å². The van der Waals surface area contributed by atoms with E-state index in [1.54, 1.807) is 17.8 Å². The van der Waals surface area contributed by atoms with Gasteiger partial charge in [-0.15, -0.1) is 0 Å². The van der Waals surface area contributed by atoms with Crippen LogP contribution >= 0.6 is 11.8 Å². The number of ether oxygens (including phenoxy) is 1. The van der Waals surface area contributed by atoms with E-state index in [4.69, 9.17) is 4.74 Å². The minimum atomic E-state index is -0.122. The van der Waals surface area contributed by atoms with E-state index in [2.05, 4.69) is 34.6 Å². The van der Waals surface area contributed by atoms with E-state index in [-0.39, 0.29) is 5.60 Å². The normalized spacial score (nSPS) is 15.4. The van der Waals surface area contributed by atoms with Gasteiger partial charge >= 0.3 is 0 Å². The Kier molecular flexibility index (Phi) is 3.88. The first-order valence-corrected chi connectivity index (χ1v) is 8.80. The number of hydrogen-bond acceptors (Lipinski definition) is 3. The summed E-state index contributed by atoms with van der Waals surface area (Å²) in [6.45, 7) is 12.8. The van der Waals surface area contributed by atoms with Gasteiger partial charge in [0, 0.05) is 21.8 Å². The van der Waals surface area contributed by atoms with E-state index in [0.717, 1.165) is 22.6 Å².